The molecule has 1 aliphatic heterocycles. The molecule has 3 rings (SSSR count). The highest BCUT2D eigenvalue weighted by Gasteiger charge is 2.48. The predicted molar refractivity (Wildman–Crippen MR) is 87.0 cm³/mol. The molecule has 26 heavy (non-hydrogen) atoms. The second-order valence-corrected chi connectivity index (χ2v) is 6.33. The monoisotopic (exact) mass is 387 g/mol. The van der Waals surface area contributed by atoms with Crippen molar-refractivity contribution in [2.24, 2.45) is 0 Å². The number of aromatic nitrogens is 3. The molecule has 1 atom stereocenters. The van der Waals surface area contributed by atoms with Crippen LogP contribution in [0, 0.1) is 0 Å². The summed E-state index contributed by atoms with van der Waals surface area (Å²) in [4.78, 5) is 38.3. The molecule has 0 fully saturated rings. The zero-order valence-electron chi connectivity index (χ0n) is 13.0. The first-order chi connectivity index (χ1) is 12.3. The van der Waals surface area contributed by atoms with Crippen LogP contribution >= 0.6 is 11.8 Å². The number of halogens is 3. The van der Waals surface area contributed by atoms with Crippen molar-refractivity contribution in [1.29, 1.82) is 0 Å². The minimum atomic E-state index is -4.80. The minimum Gasteiger partial charge on any atom is -0.324 e. The van der Waals surface area contributed by atoms with Crippen molar-refractivity contribution in [3.8, 4) is 0 Å². The lowest BCUT2D eigenvalue weighted by atomic mass is 10.1. The maximum Gasteiger partial charge on any atom is 0.409 e. The average molecular weight is 387 g/mol. The molecule has 12 heteroatoms. The van der Waals surface area contributed by atoms with E-state index in [1.165, 1.54) is 18.2 Å². The average Bonchev–Trinajstić information content (AvgIpc) is 2.90. The zero-order valence-corrected chi connectivity index (χ0v) is 13.8. The number of hydrogen-bond acceptors (Lipinski definition) is 5. The van der Waals surface area contributed by atoms with Gasteiger partial charge in [0.05, 0.1) is 23.5 Å². The Morgan fingerprint density at radius 1 is 1.31 bits per heavy atom. The summed E-state index contributed by atoms with van der Waals surface area (Å²) < 4.78 is 40.6. The summed E-state index contributed by atoms with van der Waals surface area (Å²) in [5.41, 5.74) is -0.513. The molecule has 0 bridgehead atoms. The first kappa shape index (κ1) is 18.0. The van der Waals surface area contributed by atoms with Gasteiger partial charge < -0.3 is 5.32 Å². The number of aromatic amines is 2. The van der Waals surface area contributed by atoms with Crippen molar-refractivity contribution in [3.05, 3.63) is 34.7 Å². The van der Waals surface area contributed by atoms with E-state index in [2.05, 4.69) is 20.5 Å². The van der Waals surface area contributed by atoms with Gasteiger partial charge in [0.1, 0.15) is 6.04 Å². The summed E-state index contributed by atoms with van der Waals surface area (Å²) in [6.07, 6.45) is -5.70. The van der Waals surface area contributed by atoms with E-state index in [0.29, 0.717) is 4.90 Å². The third kappa shape index (κ3) is 3.74. The largest absolute Gasteiger partial charge is 0.409 e. The van der Waals surface area contributed by atoms with Crippen LogP contribution in [0.1, 0.15) is 6.42 Å². The first-order valence-corrected chi connectivity index (χ1v) is 8.29. The van der Waals surface area contributed by atoms with E-state index in [-0.39, 0.29) is 16.5 Å². The van der Waals surface area contributed by atoms with E-state index >= 15 is 0 Å². The highest BCUT2D eigenvalue weighted by atomic mass is 32.2. The third-order valence-electron chi connectivity index (χ3n) is 3.59. The Bertz CT molecular complexity index is 894. The maximum absolute atomic E-state index is 13.5. The van der Waals surface area contributed by atoms with Gasteiger partial charge in [-0.2, -0.15) is 13.2 Å². The van der Waals surface area contributed by atoms with Crippen LogP contribution in [-0.4, -0.2) is 45.0 Å². The number of nitrogens with zero attached hydrogens (tertiary/aromatic N) is 2. The van der Waals surface area contributed by atoms with Crippen molar-refractivity contribution in [2.45, 2.75) is 23.8 Å². The fourth-order valence-electron chi connectivity index (χ4n) is 2.52. The van der Waals surface area contributed by atoms with Crippen molar-refractivity contribution in [3.63, 3.8) is 0 Å². The number of para-hydroxylation sites is 2. The van der Waals surface area contributed by atoms with Crippen LogP contribution in [0.5, 0.6) is 0 Å². The SMILES string of the molecule is O=C1CC(C(F)(F)F)N(C(=O)CSc2n[nH]c(=O)[nH]2)c2ccccc2N1. The van der Waals surface area contributed by atoms with Crippen LogP contribution in [0.2, 0.25) is 0 Å². The van der Waals surface area contributed by atoms with Gasteiger partial charge in [-0.05, 0) is 12.1 Å². The minimum absolute atomic E-state index is 0.0400. The number of hydrogen-bond donors (Lipinski definition) is 3. The van der Waals surface area contributed by atoms with Crippen LogP contribution < -0.4 is 15.9 Å². The molecule has 0 saturated heterocycles. The molecule has 1 aromatic carbocycles. The highest BCUT2D eigenvalue weighted by molar-refractivity contribution is 7.99. The topological polar surface area (TPSA) is 111 Å². The van der Waals surface area contributed by atoms with Crippen LogP contribution in [0.4, 0.5) is 24.5 Å². The summed E-state index contributed by atoms with van der Waals surface area (Å²) in [6, 6.07) is 3.47. The van der Waals surface area contributed by atoms with Gasteiger partial charge >= 0.3 is 11.9 Å². The number of benzene rings is 1. The van der Waals surface area contributed by atoms with E-state index in [4.69, 9.17) is 0 Å². The third-order valence-corrected chi connectivity index (χ3v) is 4.44. The van der Waals surface area contributed by atoms with E-state index in [1.54, 1.807) is 6.07 Å². The summed E-state index contributed by atoms with van der Waals surface area (Å²) >= 11 is 0.776. The fourth-order valence-corrected chi connectivity index (χ4v) is 3.19. The molecule has 0 spiro atoms. The summed E-state index contributed by atoms with van der Waals surface area (Å²) in [5, 5.41) is 8.14. The zero-order chi connectivity index (χ0) is 18.9. The van der Waals surface area contributed by atoms with Crippen molar-refractivity contribution >= 4 is 35.0 Å². The molecule has 0 radical (unpaired) electrons. The number of H-pyrrole nitrogens is 2. The second-order valence-electron chi connectivity index (χ2n) is 5.36. The standard InChI is InChI=1S/C14H12F3N5O3S/c15-14(16,17)9-5-10(23)18-7-3-1-2-4-8(7)22(9)11(24)6-26-13-19-12(25)20-21-13/h1-4,9H,5-6H2,(H,18,23)(H2,19,20,21,25). The number of thioether (sulfide) groups is 1. The number of nitrogens with one attached hydrogen (secondary N) is 3. The van der Waals surface area contributed by atoms with Gasteiger partial charge in [-0.1, -0.05) is 23.9 Å². The Hall–Kier alpha value is -2.76. The summed E-state index contributed by atoms with van der Waals surface area (Å²) in [7, 11) is 0. The van der Waals surface area contributed by atoms with E-state index in [1.807, 2.05) is 0 Å². The van der Waals surface area contributed by atoms with Gasteiger partial charge in [-0.25, -0.2) is 9.89 Å². The number of amides is 2. The van der Waals surface area contributed by atoms with Crippen LogP contribution in [-0.2, 0) is 9.59 Å². The molecule has 0 aliphatic carbocycles. The lowest BCUT2D eigenvalue weighted by Crippen LogP contribution is -2.50. The Labute approximate surface area is 148 Å². The lowest BCUT2D eigenvalue weighted by Gasteiger charge is -2.31. The number of rotatable bonds is 3. The van der Waals surface area contributed by atoms with Gasteiger partial charge in [-0.15, -0.1) is 5.10 Å². The molecule has 138 valence electrons. The Morgan fingerprint density at radius 3 is 2.69 bits per heavy atom. The molecular formula is C14H12F3N5O3S. The molecule has 1 unspecified atom stereocenters. The quantitative estimate of drug-likeness (QED) is 0.691. The number of carbonyl (C=O) groups is 2. The van der Waals surface area contributed by atoms with Gasteiger partial charge in [-0.3, -0.25) is 19.5 Å². The van der Waals surface area contributed by atoms with Gasteiger partial charge in [0.25, 0.3) is 0 Å². The first-order valence-electron chi connectivity index (χ1n) is 7.31. The van der Waals surface area contributed by atoms with Crippen LogP contribution in [0.15, 0.2) is 34.2 Å². The Morgan fingerprint density at radius 2 is 2.04 bits per heavy atom. The summed E-state index contributed by atoms with van der Waals surface area (Å²) in [5.74, 6) is -2.11. The van der Waals surface area contributed by atoms with Crippen molar-refractivity contribution < 1.29 is 22.8 Å². The van der Waals surface area contributed by atoms with E-state index in [9.17, 15) is 27.6 Å². The van der Waals surface area contributed by atoms with E-state index < -0.39 is 41.9 Å². The number of carbonyl (C=O) groups excluding carboxylic acids is 2. The highest BCUT2D eigenvalue weighted by Crippen LogP contribution is 2.38. The van der Waals surface area contributed by atoms with Gasteiger partial charge in [0.15, 0.2) is 5.16 Å². The normalized spacial score (nSPS) is 17.4. The maximum atomic E-state index is 13.5. The van der Waals surface area contributed by atoms with Gasteiger partial charge in [0, 0.05) is 0 Å². The van der Waals surface area contributed by atoms with Crippen LogP contribution in [0.3, 0.4) is 0 Å². The summed E-state index contributed by atoms with van der Waals surface area (Å²) in [6.45, 7) is 0. The molecule has 8 nitrogen and oxygen atoms in total. The van der Waals surface area contributed by atoms with Crippen molar-refractivity contribution in [2.75, 3.05) is 16.0 Å². The second kappa shape index (κ2) is 6.86. The van der Waals surface area contributed by atoms with Crippen LogP contribution in [0.25, 0.3) is 0 Å². The molecule has 2 aromatic rings. The molecule has 3 N–H and O–H groups in total. The Kier molecular flexibility index (Phi) is 4.76. The molecule has 2 heterocycles. The number of anilines is 2. The number of alkyl halides is 3. The molecule has 0 saturated carbocycles. The molecular weight excluding hydrogens is 375 g/mol. The Balaban J connectivity index is 1.94. The molecule has 1 aliphatic rings. The lowest BCUT2D eigenvalue weighted by molar-refractivity contribution is -0.157. The van der Waals surface area contributed by atoms with Crippen molar-refractivity contribution in [1.82, 2.24) is 15.2 Å². The molecule has 2 amide bonds. The smallest absolute Gasteiger partial charge is 0.324 e. The fraction of sp³-hybridized carbons (Fsp3) is 0.286. The van der Waals surface area contributed by atoms with Gasteiger partial charge in [0.2, 0.25) is 11.8 Å². The number of fused-ring (bicyclic) bond motifs is 1. The predicted octanol–water partition coefficient (Wildman–Crippen LogP) is 1.50. The van der Waals surface area contributed by atoms with E-state index in [0.717, 1.165) is 11.8 Å². The molecule has 1 aromatic heterocycles.